The van der Waals surface area contributed by atoms with E-state index in [-0.39, 0.29) is 12.4 Å². The molecular weight excluding hydrogens is 240 g/mol. The van der Waals surface area contributed by atoms with E-state index in [0.717, 1.165) is 32.1 Å². The van der Waals surface area contributed by atoms with Gasteiger partial charge < -0.3 is 14.6 Å². The van der Waals surface area contributed by atoms with E-state index >= 15 is 0 Å². The molecule has 0 aliphatic carbocycles. The summed E-state index contributed by atoms with van der Waals surface area (Å²) in [7, 11) is 3.36. The number of rotatable bonds is 11. The van der Waals surface area contributed by atoms with Gasteiger partial charge in [0.2, 0.25) is 0 Å². The molecule has 114 valence electrons. The minimum atomic E-state index is -0.167. The van der Waals surface area contributed by atoms with Crippen LogP contribution in [0.25, 0.3) is 0 Å². The number of ether oxygens (including phenoxy) is 2. The van der Waals surface area contributed by atoms with Gasteiger partial charge in [-0.2, -0.15) is 0 Å². The Morgan fingerprint density at radius 2 is 1.68 bits per heavy atom. The van der Waals surface area contributed by atoms with Gasteiger partial charge in [-0.05, 0) is 51.9 Å². The van der Waals surface area contributed by atoms with Crippen LogP contribution in [0.2, 0.25) is 0 Å². The standard InChI is InChI=1S/C16H32O3/c1-13(9-11-15(3)17)7-6-8-14(2)10-12-16(18-4)19-5/h8,13,15-17H,6-7,9-12H2,1-5H3/b14-8+. The lowest BCUT2D eigenvalue weighted by atomic mass is 9.97. The van der Waals surface area contributed by atoms with E-state index in [9.17, 15) is 5.11 Å². The Kier molecular flexibility index (Phi) is 11.2. The molecule has 3 heteroatoms. The third-order valence-corrected chi connectivity index (χ3v) is 3.53. The van der Waals surface area contributed by atoms with Crippen molar-refractivity contribution in [2.45, 2.75) is 71.7 Å². The number of hydrogen-bond acceptors (Lipinski definition) is 3. The predicted octanol–water partition coefficient (Wildman–Crippen LogP) is 3.91. The summed E-state index contributed by atoms with van der Waals surface area (Å²) >= 11 is 0. The summed E-state index contributed by atoms with van der Waals surface area (Å²) in [6.07, 6.45) is 8.34. The van der Waals surface area contributed by atoms with Crippen LogP contribution in [0.1, 0.15) is 59.3 Å². The number of allylic oxidation sites excluding steroid dienone is 2. The quantitative estimate of drug-likeness (QED) is 0.458. The average Bonchev–Trinajstić information content (AvgIpc) is 2.37. The van der Waals surface area contributed by atoms with Crippen LogP contribution < -0.4 is 0 Å². The van der Waals surface area contributed by atoms with E-state index in [1.807, 2.05) is 6.92 Å². The molecule has 0 saturated carbocycles. The highest BCUT2D eigenvalue weighted by Gasteiger charge is 2.06. The molecule has 2 atom stereocenters. The first-order valence-corrected chi connectivity index (χ1v) is 7.38. The molecule has 0 aromatic carbocycles. The molecule has 0 heterocycles. The van der Waals surface area contributed by atoms with Gasteiger partial charge in [0, 0.05) is 20.6 Å². The van der Waals surface area contributed by atoms with E-state index in [0.29, 0.717) is 5.92 Å². The van der Waals surface area contributed by atoms with Gasteiger partial charge in [0.25, 0.3) is 0 Å². The summed E-state index contributed by atoms with van der Waals surface area (Å²) in [4.78, 5) is 0. The van der Waals surface area contributed by atoms with Crippen molar-refractivity contribution in [3.63, 3.8) is 0 Å². The van der Waals surface area contributed by atoms with Crippen LogP contribution in [0.15, 0.2) is 11.6 Å². The van der Waals surface area contributed by atoms with Crippen molar-refractivity contribution >= 4 is 0 Å². The number of aliphatic hydroxyl groups is 1. The Bertz CT molecular complexity index is 232. The maximum Gasteiger partial charge on any atom is 0.157 e. The van der Waals surface area contributed by atoms with Crippen molar-refractivity contribution in [3.05, 3.63) is 11.6 Å². The highest BCUT2D eigenvalue weighted by Crippen LogP contribution is 2.16. The van der Waals surface area contributed by atoms with E-state index < -0.39 is 0 Å². The van der Waals surface area contributed by atoms with Gasteiger partial charge in [-0.15, -0.1) is 0 Å². The summed E-state index contributed by atoms with van der Waals surface area (Å²) in [5, 5.41) is 9.25. The molecule has 0 aromatic heterocycles. The molecule has 0 rings (SSSR count). The largest absolute Gasteiger partial charge is 0.393 e. The van der Waals surface area contributed by atoms with E-state index in [1.165, 1.54) is 12.0 Å². The Hall–Kier alpha value is -0.380. The molecule has 0 aliphatic rings. The van der Waals surface area contributed by atoms with Crippen LogP contribution >= 0.6 is 0 Å². The summed E-state index contributed by atoms with van der Waals surface area (Å²) in [6, 6.07) is 0. The molecule has 0 saturated heterocycles. The summed E-state index contributed by atoms with van der Waals surface area (Å²) in [5.41, 5.74) is 1.40. The van der Waals surface area contributed by atoms with Crippen LogP contribution in [0.3, 0.4) is 0 Å². The van der Waals surface area contributed by atoms with Crippen LogP contribution in [0.5, 0.6) is 0 Å². The van der Waals surface area contributed by atoms with Crippen molar-refractivity contribution in [2.75, 3.05) is 14.2 Å². The molecule has 0 fully saturated rings. The normalized spacial score (nSPS) is 15.8. The molecule has 0 aliphatic heterocycles. The molecule has 2 unspecified atom stereocenters. The Labute approximate surface area is 119 Å². The first kappa shape index (κ1) is 18.6. The van der Waals surface area contributed by atoms with Gasteiger partial charge in [0.1, 0.15) is 0 Å². The van der Waals surface area contributed by atoms with Gasteiger partial charge in [0.05, 0.1) is 6.10 Å². The minimum absolute atomic E-state index is 0.0895. The van der Waals surface area contributed by atoms with Crippen LogP contribution in [0, 0.1) is 5.92 Å². The van der Waals surface area contributed by atoms with E-state index in [2.05, 4.69) is 19.9 Å². The number of hydrogen-bond donors (Lipinski definition) is 1. The lowest BCUT2D eigenvalue weighted by Crippen LogP contribution is -2.12. The molecule has 19 heavy (non-hydrogen) atoms. The zero-order chi connectivity index (χ0) is 14.7. The monoisotopic (exact) mass is 272 g/mol. The summed E-state index contributed by atoms with van der Waals surface area (Å²) < 4.78 is 10.3. The second-order valence-electron chi connectivity index (χ2n) is 5.60. The van der Waals surface area contributed by atoms with Gasteiger partial charge in [0.15, 0.2) is 6.29 Å². The molecule has 0 aromatic rings. The van der Waals surface area contributed by atoms with Gasteiger partial charge >= 0.3 is 0 Å². The van der Waals surface area contributed by atoms with Crippen LogP contribution in [-0.2, 0) is 9.47 Å². The molecule has 0 bridgehead atoms. The van der Waals surface area contributed by atoms with Crippen LogP contribution in [-0.4, -0.2) is 31.7 Å². The SMILES string of the molecule is COC(CC/C(C)=C/CCC(C)CCC(C)O)OC. The summed E-state index contributed by atoms with van der Waals surface area (Å²) in [6.45, 7) is 6.29. The number of methoxy groups -OCH3 is 2. The molecule has 3 nitrogen and oxygen atoms in total. The third kappa shape index (κ3) is 11.2. The van der Waals surface area contributed by atoms with Crippen LogP contribution in [0.4, 0.5) is 0 Å². The second kappa shape index (κ2) is 11.4. The maximum atomic E-state index is 9.25. The fraction of sp³-hybridized carbons (Fsp3) is 0.875. The second-order valence-corrected chi connectivity index (χ2v) is 5.60. The van der Waals surface area contributed by atoms with Crippen molar-refractivity contribution in [1.29, 1.82) is 0 Å². The van der Waals surface area contributed by atoms with Gasteiger partial charge in [-0.3, -0.25) is 0 Å². The topological polar surface area (TPSA) is 38.7 Å². The van der Waals surface area contributed by atoms with Crippen molar-refractivity contribution < 1.29 is 14.6 Å². The predicted molar refractivity (Wildman–Crippen MR) is 80.1 cm³/mol. The van der Waals surface area contributed by atoms with Crippen molar-refractivity contribution in [1.82, 2.24) is 0 Å². The maximum absolute atomic E-state index is 9.25. The Morgan fingerprint density at radius 3 is 2.21 bits per heavy atom. The van der Waals surface area contributed by atoms with Gasteiger partial charge in [-0.25, -0.2) is 0 Å². The Balaban J connectivity index is 3.74. The zero-order valence-corrected chi connectivity index (χ0v) is 13.3. The minimum Gasteiger partial charge on any atom is -0.393 e. The molecule has 0 amide bonds. The fourth-order valence-electron chi connectivity index (χ4n) is 2.06. The van der Waals surface area contributed by atoms with E-state index in [4.69, 9.17) is 9.47 Å². The average molecular weight is 272 g/mol. The molecule has 0 spiro atoms. The fourth-order valence-corrected chi connectivity index (χ4v) is 2.06. The highest BCUT2D eigenvalue weighted by molar-refractivity contribution is 4.97. The van der Waals surface area contributed by atoms with Crippen molar-refractivity contribution in [2.24, 2.45) is 5.92 Å². The first-order chi connectivity index (χ1) is 8.99. The lowest BCUT2D eigenvalue weighted by Gasteiger charge is -2.13. The Morgan fingerprint density at radius 1 is 1.05 bits per heavy atom. The van der Waals surface area contributed by atoms with E-state index in [1.54, 1.807) is 14.2 Å². The number of aliphatic hydroxyl groups excluding tert-OH is 1. The highest BCUT2D eigenvalue weighted by atomic mass is 16.7. The summed E-state index contributed by atoms with van der Waals surface area (Å²) in [5.74, 6) is 0.685. The molecular formula is C16H32O3. The lowest BCUT2D eigenvalue weighted by molar-refractivity contribution is -0.105. The molecule has 1 N–H and O–H groups in total. The smallest absolute Gasteiger partial charge is 0.157 e. The van der Waals surface area contributed by atoms with Gasteiger partial charge in [-0.1, -0.05) is 18.6 Å². The molecule has 0 radical (unpaired) electrons. The first-order valence-electron chi connectivity index (χ1n) is 7.38. The zero-order valence-electron chi connectivity index (χ0n) is 13.3. The third-order valence-electron chi connectivity index (χ3n) is 3.53. The van der Waals surface area contributed by atoms with Crippen molar-refractivity contribution in [3.8, 4) is 0 Å².